The maximum Gasteiger partial charge on any atom is 0.407 e. The van der Waals surface area contributed by atoms with Gasteiger partial charge >= 0.3 is 6.09 Å². The molecule has 2 amide bonds. The second-order valence-corrected chi connectivity index (χ2v) is 7.11. The summed E-state index contributed by atoms with van der Waals surface area (Å²) >= 11 is 0. The van der Waals surface area contributed by atoms with Crippen molar-refractivity contribution in [1.82, 2.24) is 10.2 Å². The normalized spacial score (nSPS) is 11.3. The van der Waals surface area contributed by atoms with E-state index in [0.29, 0.717) is 0 Å². The van der Waals surface area contributed by atoms with Crippen LogP contribution in [-0.2, 0) is 16.1 Å². The highest BCUT2D eigenvalue weighted by atomic mass is 16.6. The van der Waals surface area contributed by atoms with Gasteiger partial charge in [-0.15, -0.1) is 0 Å². The number of nitrogens with one attached hydrogen (secondary N) is 2. The number of benzene rings is 1. The lowest BCUT2D eigenvalue weighted by molar-refractivity contribution is -0.116. The van der Waals surface area contributed by atoms with Crippen LogP contribution >= 0.6 is 0 Å². The summed E-state index contributed by atoms with van der Waals surface area (Å²) in [6, 6.07) is 5.87. The second kappa shape index (κ2) is 8.68. The van der Waals surface area contributed by atoms with E-state index in [1.54, 1.807) is 20.8 Å². The number of hydrogen-bond donors (Lipinski definition) is 2. The highest BCUT2D eigenvalue weighted by Crippen LogP contribution is 2.16. The molecular weight excluding hydrogens is 306 g/mol. The molecule has 0 aliphatic carbocycles. The van der Waals surface area contributed by atoms with Crippen molar-refractivity contribution in [2.45, 2.75) is 46.3 Å². The minimum atomic E-state index is -0.543. The molecule has 0 bridgehead atoms. The van der Waals surface area contributed by atoms with Gasteiger partial charge in [-0.1, -0.05) is 6.07 Å². The number of anilines is 1. The first kappa shape index (κ1) is 20.0. The molecule has 0 saturated carbocycles. The van der Waals surface area contributed by atoms with Crippen molar-refractivity contribution < 1.29 is 14.3 Å². The number of rotatable bonds is 6. The van der Waals surface area contributed by atoms with Crippen LogP contribution in [0.5, 0.6) is 0 Å². The van der Waals surface area contributed by atoms with Gasteiger partial charge in [-0.3, -0.25) is 4.79 Å². The number of ether oxygens (including phenoxy) is 1. The smallest absolute Gasteiger partial charge is 0.407 e. The number of alkyl carbamates (subject to hydrolysis) is 1. The molecular formula is C18H29N3O3. The third kappa shape index (κ3) is 7.97. The summed E-state index contributed by atoms with van der Waals surface area (Å²) in [5.41, 5.74) is 2.58. The molecule has 0 unspecified atom stereocenters. The van der Waals surface area contributed by atoms with Gasteiger partial charge < -0.3 is 20.3 Å². The number of hydrogen-bond acceptors (Lipinski definition) is 4. The molecule has 6 nitrogen and oxygen atoms in total. The summed E-state index contributed by atoms with van der Waals surface area (Å²) in [5.74, 6) is -0.147. The van der Waals surface area contributed by atoms with Crippen molar-refractivity contribution >= 4 is 17.7 Å². The van der Waals surface area contributed by atoms with Crippen molar-refractivity contribution in [3.63, 3.8) is 0 Å². The molecule has 1 aromatic rings. The SMILES string of the molecule is Cc1cc(NC(=O)CCNC(=O)OC(C)(C)C)ccc1CN(C)C. The van der Waals surface area contributed by atoms with Crippen LogP contribution in [0.25, 0.3) is 0 Å². The Kier molecular flexibility index (Phi) is 7.22. The lowest BCUT2D eigenvalue weighted by atomic mass is 10.1. The van der Waals surface area contributed by atoms with Crippen LogP contribution in [-0.4, -0.2) is 43.1 Å². The fraction of sp³-hybridized carbons (Fsp3) is 0.556. The van der Waals surface area contributed by atoms with Crippen molar-refractivity contribution in [2.75, 3.05) is 26.0 Å². The van der Waals surface area contributed by atoms with Crippen LogP contribution in [0.3, 0.4) is 0 Å². The molecule has 0 heterocycles. The molecule has 0 fully saturated rings. The van der Waals surface area contributed by atoms with Gasteiger partial charge in [0.2, 0.25) is 5.91 Å². The molecule has 1 rings (SSSR count). The van der Waals surface area contributed by atoms with Crippen molar-refractivity contribution in [3.8, 4) is 0 Å². The Labute approximate surface area is 144 Å². The highest BCUT2D eigenvalue weighted by molar-refractivity contribution is 5.91. The molecule has 6 heteroatoms. The molecule has 24 heavy (non-hydrogen) atoms. The van der Waals surface area contributed by atoms with Gasteiger partial charge in [0.05, 0.1) is 0 Å². The first-order valence-electron chi connectivity index (χ1n) is 8.08. The molecule has 0 spiro atoms. The Bertz CT molecular complexity index is 577. The summed E-state index contributed by atoms with van der Waals surface area (Å²) in [7, 11) is 4.04. The Hall–Kier alpha value is -2.08. The molecule has 0 aromatic heterocycles. The molecule has 1 aromatic carbocycles. The quantitative estimate of drug-likeness (QED) is 0.838. The van der Waals surface area contributed by atoms with Crippen LogP contribution in [0.15, 0.2) is 18.2 Å². The number of carbonyl (C=O) groups is 2. The monoisotopic (exact) mass is 335 g/mol. The van der Waals surface area contributed by atoms with E-state index in [1.165, 1.54) is 5.56 Å². The van der Waals surface area contributed by atoms with Crippen LogP contribution in [0.1, 0.15) is 38.3 Å². The number of aryl methyl sites for hydroxylation is 1. The van der Waals surface area contributed by atoms with Crippen LogP contribution in [0.4, 0.5) is 10.5 Å². The first-order chi connectivity index (χ1) is 11.1. The first-order valence-corrected chi connectivity index (χ1v) is 8.08. The molecule has 0 aliphatic heterocycles. The molecule has 2 N–H and O–H groups in total. The second-order valence-electron chi connectivity index (χ2n) is 7.11. The van der Waals surface area contributed by atoms with Crippen LogP contribution in [0.2, 0.25) is 0 Å². The van der Waals surface area contributed by atoms with E-state index in [4.69, 9.17) is 4.74 Å². The summed E-state index contributed by atoms with van der Waals surface area (Å²) in [5, 5.41) is 5.41. The Balaban J connectivity index is 2.43. The predicted octanol–water partition coefficient (Wildman–Crippen LogP) is 2.91. The van der Waals surface area contributed by atoms with E-state index < -0.39 is 11.7 Å². The fourth-order valence-corrected chi connectivity index (χ4v) is 2.11. The fourth-order valence-electron chi connectivity index (χ4n) is 2.11. The zero-order valence-electron chi connectivity index (χ0n) is 15.5. The van der Waals surface area contributed by atoms with Crippen molar-refractivity contribution in [1.29, 1.82) is 0 Å². The third-order valence-corrected chi connectivity index (χ3v) is 3.13. The highest BCUT2D eigenvalue weighted by Gasteiger charge is 2.15. The van der Waals surface area contributed by atoms with Gasteiger partial charge in [-0.25, -0.2) is 4.79 Å². The van der Waals surface area contributed by atoms with Crippen molar-refractivity contribution in [3.05, 3.63) is 29.3 Å². The summed E-state index contributed by atoms with van der Waals surface area (Å²) in [6.45, 7) is 8.50. The van der Waals surface area contributed by atoms with E-state index in [-0.39, 0.29) is 18.9 Å². The maximum absolute atomic E-state index is 11.9. The molecule has 134 valence electrons. The molecule has 0 aliphatic rings. The van der Waals surface area contributed by atoms with Crippen LogP contribution in [0, 0.1) is 6.92 Å². The summed E-state index contributed by atoms with van der Waals surface area (Å²) in [6.07, 6.45) is -0.322. The Morgan fingerprint density at radius 2 is 1.88 bits per heavy atom. The van der Waals surface area contributed by atoms with E-state index in [2.05, 4.69) is 15.5 Å². The van der Waals surface area contributed by atoms with E-state index in [1.807, 2.05) is 39.2 Å². The van der Waals surface area contributed by atoms with Gasteiger partial charge in [0.1, 0.15) is 5.60 Å². The molecule has 0 radical (unpaired) electrons. The van der Waals surface area contributed by atoms with E-state index >= 15 is 0 Å². The lowest BCUT2D eigenvalue weighted by Crippen LogP contribution is -2.34. The predicted molar refractivity (Wildman–Crippen MR) is 96.1 cm³/mol. The van der Waals surface area contributed by atoms with Gasteiger partial charge in [-0.05, 0) is 65.0 Å². The van der Waals surface area contributed by atoms with Gasteiger partial charge in [-0.2, -0.15) is 0 Å². The Morgan fingerprint density at radius 3 is 2.42 bits per heavy atom. The minimum absolute atomic E-state index is 0.147. The van der Waals surface area contributed by atoms with E-state index in [9.17, 15) is 9.59 Å². The molecule has 0 atom stereocenters. The topological polar surface area (TPSA) is 70.7 Å². The van der Waals surface area contributed by atoms with Gasteiger partial charge in [0.25, 0.3) is 0 Å². The van der Waals surface area contributed by atoms with Gasteiger partial charge in [0.15, 0.2) is 0 Å². The van der Waals surface area contributed by atoms with Gasteiger partial charge in [0, 0.05) is 25.2 Å². The zero-order valence-corrected chi connectivity index (χ0v) is 15.5. The number of carbonyl (C=O) groups excluding carboxylic acids is 2. The number of amides is 2. The summed E-state index contributed by atoms with van der Waals surface area (Å²) < 4.78 is 5.11. The molecule has 0 saturated heterocycles. The summed E-state index contributed by atoms with van der Waals surface area (Å²) in [4.78, 5) is 25.5. The standard InChI is InChI=1S/C18H29N3O3/c1-13-11-15(8-7-14(13)12-21(5)6)20-16(22)9-10-19-17(23)24-18(2,3)4/h7-8,11H,9-10,12H2,1-6H3,(H,19,23)(H,20,22). The average molecular weight is 335 g/mol. The average Bonchev–Trinajstić information content (AvgIpc) is 2.39. The van der Waals surface area contributed by atoms with E-state index in [0.717, 1.165) is 17.8 Å². The largest absolute Gasteiger partial charge is 0.444 e. The maximum atomic E-state index is 11.9. The lowest BCUT2D eigenvalue weighted by Gasteiger charge is -2.19. The zero-order chi connectivity index (χ0) is 18.3. The third-order valence-electron chi connectivity index (χ3n) is 3.13. The Morgan fingerprint density at radius 1 is 1.21 bits per heavy atom. The van der Waals surface area contributed by atoms with Crippen molar-refractivity contribution in [2.24, 2.45) is 0 Å². The number of nitrogens with zero attached hydrogens (tertiary/aromatic N) is 1. The van der Waals surface area contributed by atoms with Crippen LogP contribution < -0.4 is 10.6 Å². The minimum Gasteiger partial charge on any atom is -0.444 e.